The van der Waals surface area contributed by atoms with Gasteiger partial charge in [-0.2, -0.15) is 0 Å². The van der Waals surface area contributed by atoms with Gasteiger partial charge in [-0.1, -0.05) is 56.3 Å². The summed E-state index contributed by atoms with van der Waals surface area (Å²) in [5, 5.41) is 2.03. The minimum absolute atomic E-state index is 0.0239. The first-order chi connectivity index (χ1) is 15.6. The van der Waals surface area contributed by atoms with Crippen molar-refractivity contribution in [2.24, 2.45) is 5.92 Å². The predicted molar refractivity (Wildman–Crippen MR) is 129 cm³/mol. The van der Waals surface area contributed by atoms with Gasteiger partial charge in [0.05, 0.1) is 12.0 Å². The van der Waals surface area contributed by atoms with Crippen molar-refractivity contribution >= 4 is 28.8 Å². The second-order valence-electron chi connectivity index (χ2n) is 9.10. The van der Waals surface area contributed by atoms with Crippen LogP contribution in [0.2, 0.25) is 0 Å². The first-order valence-electron chi connectivity index (χ1n) is 11.4. The number of para-hydroxylation sites is 1. The van der Waals surface area contributed by atoms with E-state index in [-0.39, 0.29) is 17.9 Å². The topological polar surface area (TPSA) is 40.6 Å². The van der Waals surface area contributed by atoms with Crippen LogP contribution in [0.5, 0.6) is 0 Å². The van der Waals surface area contributed by atoms with Crippen molar-refractivity contribution in [3.05, 3.63) is 87.6 Å². The summed E-state index contributed by atoms with van der Waals surface area (Å²) >= 11 is 1.63. The summed E-state index contributed by atoms with van der Waals surface area (Å²) < 4.78 is 0. The number of carbonyl (C=O) groups is 2. The molecule has 4 nitrogen and oxygen atoms in total. The highest BCUT2D eigenvalue weighted by Crippen LogP contribution is 2.46. The monoisotopic (exact) mass is 444 g/mol. The molecule has 0 N–H and O–H groups in total. The molecule has 0 unspecified atom stereocenters. The Labute approximate surface area is 193 Å². The normalized spacial score (nSPS) is 20.3. The van der Waals surface area contributed by atoms with E-state index < -0.39 is 5.92 Å². The van der Waals surface area contributed by atoms with E-state index in [9.17, 15) is 9.59 Å². The average Bonchev–Trinajstić information content (AvgIpc) is 3.34. The van der Waals surface area contributed by atoms with Gasteiger partial charge in [0.15, 0.2) is 0 Å². The molecule has 3 heterocycles. The molecule has 1 aromatic heterocycles. The highest BCUT2D eigenvalue weighted by atomic mass is 32.1. The third-order valence-corrected chi connectivity index (χ3v) is 7.42. The van der Waals surface area contributed by atoms with Crippen molar-refractivity contribution in [3.63, 3.8) is 0 Å². The number of nitrogens with zero attached hydrogens (tertiary/aromatic N) is 2. The van der Waals surface area contributed by atoms with Gasteiger partial charge in [0.2, 0.25) is 5.91 Å². The zero-order valence-corrected chi connectivity index (χ0v) is 19.3. The molecule has 0 fully saturated rings. The number of carbonyl (C=O) groups excluding carboxylic acids is 2. The Morgan fingerprint density at radius 3 is 2.62 bits per heavy atom. The fourth-order valence-corrected chi connectivity index (χ4v) is 6.03. The molecule has 3 aromatic rings. The lowest BCUT2D eigenvalue weighted by Gasteiger charge is -2.44. The van der Waals surface area contributed by atoms with Crippen molar-refractivity contribution in [2.45, 2.75) is 38.6 Å². The van der Waals surface area contributed by atoms with Crippen LogP contribution in [0.25, 0.3) is 0 Å². The van der Waals surface area contributed by atoms with Gasteiger partial charge >= 0.3 is 0 Å². The molecule has 5 heteroatoms. The zero-order chi connectivity index (χ0) is 22.2. The van der Waals surface area contributed by atoms with Crippen LogP contribution in [0.4, 0.5) is 5.69 Å². The average molecular weight is 445 g/mol. The molecule has 32 heavy (non-hydrogen) atoms. The van der Waals surface area contributed by atoms with Gasteiger partial charge in [-0.25, -0.2) is 0 Å². The number of fused-ring (bicyclic) bond motifs is 2. The standard InChI is InChI=1S/C27H28N2O2S/c1-18(2)17-29-25(23-14-8-16-32-23)24(20-11-4-5-12-21(20)26(29)30)27(31)28-15-7-10-19-9-3-6-13-22(19)28/h3-6,8-9,11-14,16,18,24-25H,7,10,15,17H2,1-2H3/t24-,25-/m0/s1. The summed E-state index contributed by atoms with van der Waals surface area (Å²) in [7, 11) is 0. The SMILES string of the molecule is CC(C)CN1C(=O)c2ccccc2[C@H](C(=O)N2CCCc3ccccc32)[C@@H]1c1cccs1. The van der Waals surface area contributed by atoms with E-state index in [4.69, 9.17) is 0 Å². The summed E-state index contributed by atoms with van der Waals surface area (Å²) in [6.07, 6.45) is 1.95. The summed E-state index contributed by atoms with van der Waals surface area (Å²) in [4.78, 5) is 32.9. The molecule has 0 spiro atoms. The summed E-state index contributed by atoms with van der Waals surface area (Å²) in [6.45, 7) is 5.58. The number of aryl methyl sites for hydroxylation is 1. The minimum Gasteiger partial charge on any atom is -0.329 e. The second-order valence-corrected chi connectivity index (χ2v) is 10.1. The van der Waals surface area contributed by atoms with Crippen molar-refractivity contribution in [3.8, 4) is 0 Å². The lowest BCUT2D eigenvalue weighted by atomic mass is 9.80. The molecule has 2 aromatic carbocycles. The molecule has 2 atom stereocenters. The molecule has 0 bridgehead atoms. The predicted octanol–water partition coefficient (Wildman–Crippen LogP) is 5.66. The molecule has 0 radical (unpaired) electrons. The van der Waals surface area contributed by atoms with Gasteiger partial charge in [-0.3, -0.25) is 9.59 Å². The number of rotatable bonds is 4. The molecular formula is C27H28N2O2S. The number of hydrogen-bond acceptors (Lipinski definition) is 3. The van der Waals surface area contributed by atoms with Crippen LogP contribution in [0.1, 0.15) is 58.6 Å². The number of anilines is 1. The van der Waals surface area contributed by atoms with Crippen molar-refractivity contribution in [1.82, 2.24) is 4.90 Å². The van der Waals surface area contributed by atoms with E-state index in [2.05, 4.69) is 32.0 Å². The molecule has 0 saturated carbocycles. The highest BCUT2D eigenvalue weighted by Gasteiger charge is 2.46. The Morgan fingerprint density at radius 2 is 1.84 bits per heavy atom. The molecule has 164 valence electrons. The van der Waals surface area contributed by atoms with Crippen LogP contribution in [0.15, 0.2) is 66.0 Å². The summed E-state index contributed by atoms with van der Waals surface area (Å²) in [5.41, 5.74) is 3.74. The van der Waals surface area contributed by atoms with Crippen LogP contribution >= 0.6 is 11.3 Å². The third kappa shape index (κ3) is 3.55. The number of hydrogen-bond donors (Lipinski definition) is 0. The largest absolute Gasteiger partial charge is 0.329 e. The Kier molecular flexibility index (Phi) is 5.60. The molecule has 2 amide bonds. The second kappa shape index (κ2) is 8.55. The number of amides is 2. The van der Waals surface area contributed by atoms with E-state index in [1.54, 1.807) is 11.3 Å². The maximum atomic E-state index is 14.3. The Bertz CT molecular complexity index is 1140. The summed E-state index contributed by atoms with van der Waals surface area (Å²) in [5.74, 6) is -0.00866. The van der Waals surface area contributed by atoms with E-state index in [0.29, 0.717) is 24.6 Å². The molecule has 2 aliphatic rings. The Hall–Kier alpha value is -2.92. The van der Waals surface area contributed by atoms with E-state index >= 15 is 0 Å². The lowest BCUT2D eigenvalue weighted by molar-refractivity contribution is -0.121. The number of thiophene rings is 1. The Balaban J connectivity index is 1.66. The van der Waals surface area contributed by atoms with Crippen LogP contribution < -0.4 is 4.90 Å². The van der Waals surface area contributed by atoms with Crippen LogP contribution in [-0.4, -0.2) is 29.8 Å². The molecular weight excluding hydrogens is 416 g/mol. The molecule has 2 aliphatic heterocycles. The zero-order valence-electron chi connectivity index (χ0n) is 18.5. The van der Waals surface area contributed by atoms with E-state index in [1.165, 1.54) is 5.56 Å². The quantitative estimate of drug-likeness (QED) is 0.521. The number of benzene rings is 2. The van der Waals surface area contributed by atoms with Crippen molar-refractivity contribution < 1.29 is 9.59 Å². The van der Waals surface area contributed by atoms with Gasteiger partial charge in [0.25, 0.3) is 5.91 Å². The van der Waals surface area contributed by atoms with Gasteiger partial charge in [-0.15, -0.1) is 11.3 Å². The lowest BCUT2D eigenvalue weighted by Crippen LogP contribution is -2.50. The summed E-state index contributed by atoms with van der Waals surface area (Å²) in [6, 6.07) is 19.7. The van der Waals surface area contributed by atoms with Crippen LogP contribution in [0.3, 0.4) is 0 Å². The smallest absolute Gasteiger partial charge is 0.254 e. The van der Waals surface area contributed by atoms with Crippen molar-refractivity contribution in [2.75, 3.05) is 18.0 Å². The van der Waals surface area contributed by atoms with Gasteiger partial charge < -0.3 is 9.80 Å². The van der Waals surface area contributed by atoms with Gasteiger partial charge in [0, 0.05) is 29.2 Å². The first kappa shape index (κ1) is 21.0. The maximum Gasteiger partial charge on any atom is 0.254 e. The Morgan fingerprint density at radius 1 is 1.06 bits per heavy atom. The van der Waals surface area contributed by atoms with E-state index in [0.717, 1.165) is 29.0 Å². The molecule has 0 aliphatic carbocycles. The van der Waals surface area contributed by atoms with E-state index in [1.807, 2.05) is 57.6 Å². The van der Waals surface area contributed by atoms with Gasteiger partial charge in [0.1, 0.15) is 0 Å². The minimum atomic E-state index is -0.424. The molecule has 0 saturated heterocycles. The maximum absolute atomic E-state index is 14.3. The molecule has 5 rings (SSSR count). The fourth-order valence-electron chi connectivity index (χ4n) is 5.16. The highest BCUT2D eigenvalue weighted by molar-refractivity contribution is 7.10. The third-order valence-electron chi connectivity index (χ3n) is 6.48. The fraction of sp³-hybridized carbons (Fsp3) is 0.333. The van der Waals surface area contributed by atoms with Crippen LogP contribution in [-0.2, 0) is 11.2 Å². The van der Waals surface area contributed by atoms with Gasteiger partial charge in [-0.05, 0) is 53.5 Å². The first-order valence-corrected chi connectivity index (χ1v) is 12.3. The van der Waals surface area contributed by atoms with Crippen molar-refractivity contribution in [1.29, 1.82) is 0 Å². The van der Waals surface area contributed by atoms with Crippen LogP contribution in [0, 0.1) is 5.92 Å².